The summed E-state index contributed by atoms with van der Waals surface area (Å²) in [6.45, 7) is 2.20. The highest BCUT2D eigenvalue weighted by atomic mass is 35.5. The SMILES string of the molecule is O=S(=O)(Cc1ccc(Cl)cc1)N1CCN(c2cc3c(nn2)CCC3)CC1. The van der Waals surface area contributed by atoms with E-state index in [2.05, 4.69) is 21.2 Å². The van der Waals surface area contributed by atoms with E-state index < -0.39 is 10.0 Å². The molecule has 2 aromatic rings. The molecule has 1 aliphatic heterocycles. The molecule has 0 atom stereocenters. The number of benzene rings is 1. The molecule has 138 valence electrons. The third-order valence-corrected chi connectivity index (χ3v) is 7.13. The van der Waals surface area contributed by atoms with Crippen LogP contribution in [-0.2, 0) is 28.6 Å². The summed E-state index contributed by atoms with van der Waals surface area (Å²) in [5.74, 6) is 0.864. The largest absolute Gasteiger partial charge is 0.352 e. The topological polar surface area (TPSA) is 66.4 Å². The molecule has 6 nitrogen and oxygen atoms in total. The average molecular weight is 393 g/mol. The maximum Gasteiger partial charge on any atom is 0.218 e. The third-order valence-electron chi connectivity index (χ3n) is 5.03. The summed E-state index contributed by atoms with van der Waals surface area (Å²) in [6, 6.07) is 9.08. The normalized spacial score (nSPS) is 18.1. The van der Waals surface area contributed by atoms with E-state index in [1.807, 2.05) is 0 Å². The summed E-state index contributed by atoms with van der Waals surface area (Å²) in [7, 11) is -3.34. The zero-order valence-electron chi connectivity index (χ0n) is 14.4. The first kappa shape index (κ1) is 17.7. The molecule has 26 heavy (non-hydrogen) atoms. The van der Waals surface area contributed by atoms with Gasteiger partial charge in [-0.25, -0.2) is 8.42 Å². The van der Waals surface area contributed by atoms with Gasteiger partial charge < -0.3 is 4.90 Å². The average Bonchev–Trinajstić information content (AvgIpc) is 3.11. The molecule has 4 rings (SSSR count). The number of aryl methyl sites for hydroxylation is 2. The highest BCUT2D eigenvalue weighted by molar-refractivity contribution is 7.88. The maximum atomic E-state index is 12.7. The molecule has 0 radical (unpaired) electrons. The van der Waals surface area contributed by atoms with Crippen molar-refractivity contribution in [1.29, 1.82) is 0 Å². The van der Waals surface area contributed by atoms with E-state index >= 15 is 0 Å². The van der Waals surface area contributed by atoms with Crippen molar-refractivity contribution in [3.63, 3.8) is 0 Å². The van der Waals surface area contributed by atoms with Crippen molar-refractivity contribution >= 4 is 27.4 Å². The number of fused-ring (bicyclic) bond motifs is 1. The Morgan fingerprint density at radius 3 is 2.46 bits per heavy atom. The molecule has 0 saturated carbocycles. The Hall–Kier alpha value is -1.70. The number of piperazine rings is 1. The Morgan fingerprint density at radius 1 is 1.00 bits per heavy atom. The van der Waals surface area contributed by atoms with E-state index in [1.54, 1.807) is 28.6 Å². The van der Waals surface area contributed by atoms with Gasteiger partial charge in [0.05, 0.1) is 11.4 Å². The highest BCUT2D eigenvalue weighted by Crippen LogP contribution is 2.24. The minimum atomic E-state index is -3.34. The summed E-state index contributed by atoms with van der Waals surface area (Å²) >= 11 is 5.86. The molecular weight excluding hydrogens is 372 g/mol. The predicted octanol–water partition coefficient (Wildman–Crippen LogP) is 2.27. The zero-order chi connectivity index (χ0) is 18.1. The first-order valence-corrected chi connectivity index (χ1v) is 10.8. The van der Waals surface area contributed by atoms with Gasteiger partial charge in [0.1, 0.15) is 0 Å². The smallest absolute Gasteiger partial charge is 0.218 e. The standard InChI is InChI=1S/C18H21ClN4O2S/c19-16-6-4-14(5-7-16)13-26(24,25)23-10-8-22(9-11-23)18-12-15-2-1-3-17(15)20-21-18/h4-7,12H,1-3,8-11,13H2. The Balaban J connectivity index is 1.40. The maximum absolute atomic E-state index is 12.7. The zero-order valence-corrected chi connectivity index (χ0v) is 16.0. The summed E-state index contributed by atoms with van der Waals surface area (Å²) in [5.41, 5.74) is 3.15. The minimum absolute atomic E-state index is 0.00280. The first-order chi connectivity index (χ1) is 12.5. The second-order valence-corrected chi connectivity index (χ2v) is 9.20. The van der Waals surface area contributed by atoms with Crippen LogP contribution in [0, 0.1) is 0 Å². The van der Waals surface area contributed by atoms with Gasteiger partial charge >= 0.3 is 0 Å². The van der Waals surface area contributed by atoms with Crippen LogP contribution in [0.15, 0.2) is 30.3 Å². The molecule has 2 aliphatic rings. The third kappa shape index (κ3) is 3.70. The lowest BCUT2D eigenvalue weighted by molar-refractivity contribution is 0.383. The van der Waals surface area contributed by atoms with E-state index in [0.29, 0.717) is 31.2 Å². The van der Waals surface area contributed by atoms with Gasteiger partial charge in [-0.05, 0) is 48.6 Å². The van der Waals surface area contributed by atoms with Crippen LogP contribution >= 0.6 is 11.6 Å². The number of halogens is 1. The van der Waals surface area contributed by atoms with Crippen LogP contribution in [0.5, 0.6) is 0 Å². The highest BCUT2D eigenvalue weighted by Gasteiger charge is 2.28. The van der Waals surface area contributed by atoms with Gasteiger partial charge in [-0.3, -0.25) is 0 Å². The van der Waals surface area contributed by atoms with Crippen molar-refractivity contribution in [3.8, 4) is 0 Å². The van der Waals surface area contributed by atoms with Crippen molar-refractivity contribution in [2.45, 2.75) is 25.0 Å². The summed E-state index contributed by atoms with van der Waals surface area (Å²) in [6.07, 6.45) is 3.22. The van der Waals surface area contributed by atoms with Gasteiger partial charge in [-0.1, -0.05) is 23.7 Å². The fraction of sp³-hybridized carbons (Fsp3) is 0.444. The van der Waals surface area contributed by atoms with Crippen LogP contribution in [0.4, 0.5) is 5.82 Å². The molecule has 0 unspecified atom stereocenters. The van der Waals surface area contributed by atoms with Gasteiger partial charge in [-0.15, -0.1) is 5.10 Å². The number of nitrogens with zero attached hydrogens (tertiary/aromatic N) is 4. The second kappa shape index (κ2) is 7.13. The summed E-state index contributed by atoms with van der Waals surface area (Å²) < 4.78 is 26.9. The molecule has 0 spiro atoms. The number of rotatable bonds is 4. The molecule has 8 heteroatoms. The lowest BCUT2D eigenvalue weighted by atomic mass is 10.2. The molecule has 1 aromatic carbocycles. The van der Waals surface area contributed by atoms with Crippen molar-refractivity contribution in [1.82, 2.24) is 14.5 Å². The van der Waals surface area contributed by atoms with Gasteiger partial charge in [-0.2, -0.15) is 9.40 Å². The molecular formula is C18H21ClN4O2S. The second-order valence-electron chi connectivity index (χ2n) is 6.80. The fourth-order valence-electron chi connectivity index (χ4n) is 3.55. The van der Waals surface area contributed by atoms with Gasteiger partial charge in [0, 0.05) is 31.2 Å². The molecule has 1 saturated heterocycles. The quantitative estimate of drug-likeness (QED) is 0.798. The van der Waals surface area contributed by atoms with Gasteiger partial charge in [0.25, 0.3) is 0 Å². The Morgan fingerprint density at radius 2 is 1.73 bits per heavy atom. The van der Waals surface area contributed by atoms with Crippen molar-refractivity contribution < 1.29 is 8.42 Å². The number of sulfonamides is 1. The number of anilines is 1. The number of aromatic nitrogens is 2. The summed E-state index contributed by atoms with van der Waals surface area (Å²) in [5, 5.41) is 9.27. The Kier molecular flexibility index (Phi) is 4.86. The Labute approximate surface area is 158 Å². The van der Waals surface area contributed by atoms with Crippen LogP contribution in [0.25, 0.3) is 0 Å². The summed E-state index contributed by atoms with van der Waals surface area (Å²) in [4.78, 5) is 2.12. The predicted molar refractivity (Wildman–Crippen MR) is 102 cm³/mol. The van der Waals surface area contributed by atoms with Gasteiger partial charge in [0.2, 0.25) is 10.0 Å². The minimum Gasteiger partial charge on any atom is -0.352 e. The van der Waals surface area contributed by atoms with Crippen molar-refractivity contribution in [2.24, 2.45) is 0 Å². The molecule has 0 N–H and O–H groups in total. The fourth-order valence-corrected chi connectivity index (χ4v) is 5.19. The van der Waals surface area contributed by atoms with Crippen molar-refractivity contribution in [3.05, 3.63) is 52.2 Å². The molecule has 2 heterocycles. The molecule has 0 amide bonds. The number of hydrogen-bond acceptors (Lipinski definition) is 5. The monoisotopic (exact) mass is 392 g/mol. The molecule has 1 aromatic heterocycles. The van der Waals surface area contributed by atoms with Crippen LogP contribution in [-0.4, -0.2) is 49.1 Å². The number of hydrogen-bond donors (Lipinski definition) is 0. The van der Waals surface area contributed by atoms with E-state index in [9.17, 15) is 8.42 Å². The van der Waals surface area contributed by atoms with E-state index in [4.69, 9.17) is 11.6 Å². The molecule has 0 bridgehead atoms. The molecule has 1 fully saturated rings. The van der Waals surface area contributed by atoms with Crippen molar-refractivity contribution in [2.75, 3.05) is 31.1 Å². The van der Waals surface area contributed by atoms with Crippen LogP contribution in [0.3, 0.4) is 0 Å². The first-order valence-electron chi connectivity index (χ1n) is 8.84. The van der Waals surface area contributed by atoms with E-state index in [0.717, 1.165) is 36.3 Å². The lowest BCUT2D eigenvalue weighted by Crippen LogP contribution is -2.49. The van der Waals surface area contributed by atoms with Crippen LogP contribution in [0.2, 0.25) is 5.02 Å². The van der Waals surface area contributed by atoms with E-state index in [1.165, 1.54) is 5.56 Å². The lowest BCUT2D eigenvalue weighted by Gasteiger charge is -2.34. The molecule has 1 aliphatic carbocycles. The van der Waals surface area contributed by atoms with Gasteiger partial charge in [0.15, 0.2) is 5.82 Å². The Bertz CT molecular complexity index is 894. The van der Waals surface area contributed by atoms with Crippen LogP contribution in [0.1, 0.15) is 23.2 Å². The van der Waals surface area contributed by atoms with E-state index in [-0.39, 0.29) is 5.75 Å². The van der Waals surface area contributed by atoms with Crippen LogP contribution < -0.4 is 4.90 Å².